The predicted octanol–water partition coefficient (Wildman–Crippen LogP) is 4.49. The average molecular weight is 501 g/mol. The fourth-order valence-corrected chi connectivity index (χ4v) is 5.37. The van der Waals surface area contributed by atoms with Gasteiger partial charge in [0.05, 0.1) is 16.6 Å². The molecule has 1 aliphatic heterocycles. The topological polar surface area (TPSA) is 84.9 Å². The van der Waals surface area contributed by atoms with Crippen molar-refractivity contribution < 1.29 is 22.7 Å². The number of nitrogens with one attached hydrogen (secondary N) is 1. The maximum Gasteiger partial charge on any atom is 0.264 e. The van der Waals surface area contributed by atoms with Crippen molar-refractivity contribution in [1.82, 2.24) is 5.32 Å². The number of rotatable bonds is 7. The zero-order chi connectivity index (χ0) is 24.3. The summed E-state index contributed by atoms with van der Waals surface area (Å²) < 4.78 is 39.3. The van der Waals surface area contributed by atoms with Gasteiger partial charge in [0.2, 0.25) is 5.91 Å². The fraction of sp³-hybridized carbons (Fsp3) is 0.240. The number of carbonyl (C=O) groups excluding carboxylic acids is 1. The number of ether oxygens (including phenoxy) is 2. The molecule has 9 heteroatoms. The molecule has 0 radical (unpaired) electrons. The first-order valence-electron chi connectivity index (χ1n) is 10.8. The molecule has 1 amide bonds. The highest BCUT2D eigenvalue weighted by Crippen LogP contribution is 2.33. The standard InChI is InChI=1S/C25H25ClN2O5S/c1-17-8-10-20(26)15-22(17)28(34(30,31)21-6-4-3-5-7-21)16-25(29)27-18(2)19-9-11-23-24(14-19)33-13-12-32-23/h3-11,14-15,18H,12-13,16H2,1-2H3,(H,27,29)/t18-/m1/s1. The number of nitrogens with zero attached hydrogens (tertiary/aromatic N) is 1. The summed E-state index contributed by atoms with van der Waals surface area (Å²) in [5, 5.41) is 3.26. The van der Waals surface area contributed by atoms with Crippen LogP contribution in [0.3, 0.4) is 0 Å². The van der Waals surface area contributed by atoms with Crippen LogP contribution in [0.15, 0.2) is 71.6 Å². The zero-order valence-electron chi connectivity index (χ0n) is 18.8. The van der Waals surface area contributed by atoms with E-state index in [9.17, 15) is 13.2 Å². The lowest BCUT2D eigenvalue weighted by Crippen LogP contribution is -2.42. The molecule has 0 unspecified atom stereocenters. The molecule has 0 aliphatic carbocycles. The van der Waals surface area contributed by atoms with Crippen LogP contribution >= 0.6 is 11.6 Å². The van der Waals surface area contributed by atoms with Crippen LogP contribution in [0.2, 0.25) is 5.02 Å². The molecule has 0 fully saturated rings. The number of hydrogen-bond acceptors (Lipinski definition) is 5. The molecule has 1 heterocycles. The second-order valence-electron chi connectivity index (χ2n) is 7.95. The van der Waals surface area contributed by atoms with Crippen molar-refractivity contribution in [2.24, 2.45) is 0 Å². The normalized spacial score (nSPS) is 13.7. The van der Waals surface area contributed by atoms with Crippen LogP contribution in [0, 0.1) is 6.92 Å². The van der Waals surface area contributed by atoms with Crippen molar-refractivity contribution in [1.29, 1.82) is 0 Å². The van der Waals surface area contributed by atoms with E-state index in [2.05, 4.69) is 5.32 Å². The van der Waals surface area contributed by atoms with Crippen molar-refractivity contribution in [2.75, 3.05) is 24.1 Å². The van der Waals surface area contributed by atoms with Crippen LogP contribution in [0.25, 0.3) is 0 Å². The molecule has 1 atom stereocenters. The lowest BCUT2D eigenvalue weighted by molar-refractivity contribution is -0.120. The van der Waals surface area contributed by atoms with Crippen molar-refractivity contribution in [3.63, 3.8) is 0 Å². The number of aryl methyl sites for hydroxylation is 1. The van der Waals surface area contributed by atoms with E-state index in [1.165, 1.54) is 12.1 Å². The molecular weight excluding hydrogens is 476 g/mol. The summed E-state index contributed by atoms with van der Waals surface area (Å²) in [5.41, 5.74) is 1.84. The summed E-state index contributed by atoms with van der Waals surface area (Å²) in [7, 11) is -4.02. The molecule has 0 aromatic heterocycles. The van der Waals surface area contributed by atoms with Crippen molar-refractivity contribution in [2.45, 2.75) is 24.8 Å². The Morgan fingerprint density at radius 2 is 1.74 bits per heavy atom. The Bertz CT molecular complexity index is 1300. The number of anilines is 1. The molecule has 7 nitrogen and oxygen atoms in total. The van der Waals surface area contributed by atoms with Gasteiger partial charge >= 0.3 is 0 Å². The van der Waals surface area contributed by atoms with Gasteiger partial charge in [0.1, 0.15) is 19.8 Å². The molecular formula is C25H25ClN2O5S. The van der Waals surface area contributed by atoms with Crippen LogP contribution in [0.1, 0.15) is 24.1 Å². The van der Waals surface area contributed by atoms with E-state index in [0.717, 1.165) is 9.87 Å². The van der Waals surface area contributed by atoms with Gasteiger partial charge < -0.3 is 14.8 Å². The van der Waals surface area contributed by atoms with Gasteiger partial charge in [0.25, 0.3) is 10.0 Å². The smallest absolute Gasteiger partial charge is 0.264 e. The van der Waals surface area contributed by atoms with E-state index < -0.39 is 22.5 Å². The van der Waals surface area contributed by atoms with Crippen molar-refractivity contribution in [3.8, 4) is 11.5 Å². The highest BCUT2D eigenvalue weighted by Gasteiger charge is 2.29. The lowest BCUT2D eigenvalue weighted by Gasteiger charge is -2.27. The van der Waals surface area contributed by atoms with E-state index in [4.69, 9.17) is 21.1 Å². The molecule has 178 valence electrons. The molecule has 0 saturated heterocycles. The molecule has 0 bridgehead atoms. The summed E-state index contributed by atoms with van der Waals surface area (Å²) in [6.45, 7) is 4.14. The largest absolute Gasteiger partial charge is 0.486 e. The van der Waals surface area contributed by atoms with Gasteiger partial charge in [-0.15, -0.1) is 0 Å². The minimum atomic E-state index is -4.02. The van der Waals surface area contributed by atoms with Gasteiger partial charge in [-0.25, -0.2) is 8.42 Å². The van der Waals surface area contributed by atoms with Crippen LogP contribution in [-0.4, -0.2) is 34.1 Å². The highest BCUT2D eigenvalue weighted by atomic mass is 35.5. The van der Waals surface area contributed by atoms with Crippen LogP contribution in [-0.2, 0) is 14.8 Å². The van der Waals surface area contributed by atoms with Crippen LogP contribution < -0.4 is 19.1 Å². The van der Waals surface area contributed by atoms with Crippen molar-refractivity contribution >= 4 is 33.2 Å². The van der Waals surface area contributed by atoms with E-state index in [0.29, 0.717) is 41.0 Å². The first-order valence-corrected chi connectivity index (χ1v) is 12.6. The molecule has 0 saturated carbocycles. The minimum Gasteiger partial charge on any atom is -0.486 e. The summed E-state index contributed by atoms with van der Waals surface area (Å²) in [6.07, 6.45) is 0. The number of fused-ring (bicyclic) bond motifs is 1. The van der Waals surface area contributed by atoms with E-state index in [1.54, 1.807) is 49.4 Å². The Morgan fingerprint density at radius 1 is 1.03 bits per heavy atom. The van der Waals surface area contributed by atoms with Crippen LogP contribution in [0.4, 0.5) is 5.69 Å². The van der Waals surface area contributed by atoms with Gasteiger partial charge in [-0.1, -0.05) is 41.9 Å². The fourth-order valence-electron chi connectivity index (χ4n) is 3.70. The second-order valence-corrected chi connectivity index (χ2v) is 10.2. The molecule has 0 spiro atoms. The van der Waals surface area contributed by atoms with Gasteiger partial charge in [-0.3, -0.25) is 9.10 Å². The molecule has 1 aliphatic rings. The van der Waals surface area contributed by atoms with Crippen LogP contribution in [0.5, 0.6) is 11.5 Å². The Morgan fingerprint density at radius 3 is 2.47 bits per heavy atom. The zero-order valence-corrected chi connectivity index (χ0v) is 20.4. The molecule has 34 heavy (non-hydrogen) atoms. The van der Waals surface area contributed by atoms with Crippen molar-refractivity contribution in [3.05, 3.63) is 82.9 Å². The van der Waals surface area contributed by atoms with E-state index in [-0.39, 0.29) is 10.9 Å². The van der Waals surface area contributed by atoms with Gasteiger partial charge in [-0.2, -0.15) is 0 Å². The number of hydrogen-bond donors (Lipinski definition) is 1. The number of sulfonamides is 1. The number of halogens is 1. The highest BCUT2D eigenvalue weighted by molar-refractivity contribution is 7.92. The molecule has 3 aromatic carbocycles. The summed E-state index contributed by atoms with van der Waals surface area (Å²) >= 11 is 6.17. The maximum absolute atomic E-state index is 13.5. The average Bonchev–Trinajstić information content (AvgIpc) is 2.84. The third-order valence-corrected chi connectivity index (χ3v) is 7.51. The Kier molecular flexibility index (Phi) is 7.00. The number of carbonyl (C=O) groups is 1. The lowest BCUT2D eigenvalue weighted by atomic mass is 10.1. The summed E-state index contributed by atoms with van der Waals surface area (Å²) in [5.74, 6) is 0.819. The van der Waals surface area contributed by atoms with Gasteiger partial charge in [0.15, 0.2) is 11.5 Å². The molecule has 3 aromatic rings. The predicted molar refractivity (Wildman–Crippen MR) is 131 cm³/mol. The SMILES string of the molecule is Cc1ccc(Cl)cc1N(CC(=O)N[C@H](C)c1ccc2c(c1)OCCO2)S(=O)(=O)c1ccccc1. The Balaban J connectivity index is 1.60. The number of amides is 1. The number of benzene rings is 3. The Labute approximate surface area is 204 Å². The van der Waals surface area contributed by atoms with E-state index >= 15 is 0 Å². The first kappa shape index (κ1) is 23.9. The third-order valence-electron chi connectivity index (χ3n) is 5.50. The summed E-state index contributed by atoms with van der Waals surface area (Å²) in [4.78, 5) is 13.2. The third kappa shape index (κ3) is 5.13. The molecule has 1 N–H and O–H groups in total. The van der Waals surface area contributed by atoms with Gasteiger partial charge in [-0.05, 0) is 61.4 Å². The Hall–Kier alpha value is -3.23. The summed E-state index contributed by atoms with van der Waals surface area (Å²) in [6, 6.07) is 18.0. The quantitative estimate of drug-likeness (QED) is 0.516. The second kappa shape index (κ2) is 9.95. The molecule has 4 rings (SSSR count). The van der Waals surface area contributed by atoms with Gasteiger partial charge in [0, 0.05) is 5.02 Å². The first-order chi connectivity index (χ1) is 16.3. The minimum absolute atomic E-state index is 0.0852. The monoisotopic (exact) mass is 500 g/mol. The maximum atomic E-state index is 13.5. The van der Waals surface area contributed by atoms with E-state index in [1.807, 2.05) is 19.1 Å².